The number of hydrogen-bond acceptors (Lipinski definition) is 6. The molecule has 0 amide bonds. The molecule has 9 aromatic rings. The summed E-state index contributed by atoms with van der Waals surface area (Å²) in [6.45, 7) is 0. The van der Waals surface area contributed by atoms with Gasteiger partial charge in [0.2, 0.25) is 0 Å². The lowest BCUT2D eigenvalue weighted by atomic mass is 9.84. The van der Waals surface area contributed by atoms with Crippen molar-refractivity contribution in [3.05, 3.63) is 157 Å². The molecule has 0 radical (unpaired) electrons. The minimum atomic E-state index is 0.956. The summed E-state index contributed by atoms with van der Waals surface area (Å²) in [5, 5.41) is 10.6. The fourth-order valence-electron chi connectivity index (χ4n) is 6.69. The van der Waals surface area contributed by atoms with Gasteiger partial charge in [0, 0.05) is 70.2 Å². The summed E-state index contributed by atoms with van der Waals surface area (Å²) >= 11 is 3.25. The first-order chi connectivity index (χ1) is 23.8. The topological polar surface area (TPSA) is 51.6 Å². The highest BCUT2D eigenvalue weighted by atomic mass is 32.1. The molecule has 0 atom stereocenters. The van der Waals surface area contributed by atoms with Gasteiger partial charge in [0.15, 0.2) is 0 Å². The van der Waals surface area contributed by atoms with Crippen LogP contribution in [0, 0.1) is 0 Å². The summed E-state index contributed by atoms with van der Waals surface area (Å²) < 4.78 is 0. The molecule has 4 nitrogen and oxygen atoms in total. The average molecular weight is 651 g/mol. The van der Waals surface area contributed by atoms with E-state index in [4.69, 9.17) is 9.97 Å². The maximum Gasteiger partial charge on any atom is 0.124 e. The summed E-state index contributed by atoms with van der Waals surface area (Å²) in [6, 6.07) is 39.3. The Hall–Kier alpha value is -5.82. The predicted octanol–water partition coefficient (Wildman–Crippen LogP) is 11.7. The summed E-state index contributed by atoms with van der Waals surface area (Å²) in [4.78, 5) is 18.6. The molecule has 0 saturated carbocycles. The third-order valence-corrected chi connectivity index (χ3v) is 10.4. The normalized spacial score (nSPS) is 11.3. The number of thiazole rings is 2. The van der Waals surface area contributed by atoms with Gasteiger partial charge >= 0.3 is 0 Å². The van der Waals surface area contributed by atoms with Crippen LogP contribution in [0.25, 0.3) is 87.2 Å². The van der Waals surface area contributed by atoms with E-state index in [1.165, 1.54) is 16.7 Å². The number of nitrogens with zero attached hydrogens (tertiary/aromatic N) is 4. The molecule has 0 unspecified atom stereocenters. The molecule has 9 rings (SSSR count). The van der Waals surface area contributed by atoms with Gasteiger partial charge in [-0.25, -0.2) is 9.97 Å². The molecule has 0 saturated heterocycles. The van der Waals surface area contributed by atoms with Crippen molar-refractivity contribution in [1.82, 2.24) is 19.9 Å². The number of rotatable bonds is 6. The molecule has 0 spiro atoms. The highest BCUT2D eigenvalue weighted by Gasteiger charge is 2.20. The van der Waals surface area contributed by atoms with Gasteiger partial charge in [-0.2, -0.15) is 0 Å². The quantitative estimate of drug-likeness (QED) is 0.168. The molecule has 0 N–H and O–H groups in total. The first-order valence-electron chi connectivity index (χ1n) is 15.7. The van der Waals surface area contributed by atoms with Crippen LogP contribution >= 0.6 is 22.7 Å². The Morgan fingerprint density at radius 1 is 0.375 bits per heavy atom. The van der Waals surface area contributed by atoms with Crippen molar-refractivity contribution in [2.24, 2.45) is 0 Å². The minimum absolute atomic E-state index is 0.956. The second kappa shape index (κ2) is 12.1. The van der Waals surface area contributed by atoms with Gasteiger partial charge in [-0.1, -0.05) is 91.0 Å². The van der Waals surface area contributed by atoms with Crippen LogP contribution in [0.15, 0.2) is 157 Å². The first-order valence-corrected chi connectivity index (χ1v) is 17.4. The van der Waals surface area contributed by atoms with Gasteiger partial charge in [0.25, 0.3) is 0 Å². The van der Waals surface area contributed by atoms with Crippen molar-refractivity contribution in [3.63, 3.8) is 0 Å². The molecular weight excluding hydrogens is 625 g/mol. The zero-order chi connectivity index (χ0) is 31.9. The third-order valence-electron chi connectivity index (χ3n) is 8.76. The van der Waals surface area contributed by atoms with Crippen LogP contribution in [0.5, 0.6) is 0 Å². The van der Waals surface area contributed by atoms with Crippen LogP contribution in [-0.4, -0.2) is 19.9 Å². The van der Waals surface area contributed by atoms with Crippen LogP contribution in [-0.2, 0) is 0 Å². The van der Waals surface area contributed by atoms with Crippen molar-refractivity contribution in [2.45, 2.75) is 0 Å². The number of hydrogen-bond donors (Lipinski definition) is 0. The average Bonchev–Trinajstić information content (AvgIpc) is 3.90. The number of fused-ring (bicyclic) bond motifs is 2. The molecule has 0 aliphatic carbocycles. The molecule has 4 aromatic heterocycles. The van der Waals surface area contributed by atoms with Gasteiger partial charge in [0.05, 0.1) is 0 Å². The van der Waals surface area contributed by atoms with Gasteiger partial charge in [0.1, 0.15) is 10.0 Å². The highest BCUT2D eigenvalue weighted by molar-refractivity contribution is 7.13. The van der Waals surface area contributed by atoms with Crippen LogP contribution in [0.2, 0.25) is 0 Å². The van der Waals surface area contributed by atoms with E-state index in [0.717, 1.165) is 70.5 Å². The van der Waals surface area contributed by atoms with E-state index in [-0.39, 0.29) is 0 Å². The number of aromatic nitrogens is 4. The van der Waals surface area contributed by atoms with Crippen molar-refractivity contribution in [1.29, 1.82) is 0 Å². The monoisotopic (exact) mass is 650 g/mol. The lowest BCUT2D eigenvalue weighted by molar-refractivity contribution is 1.31. The number of benzene rings is 5. The first kappa shape index (κ1) is 28.4. The molecule has 48 heavy (non-hydrogen) atoms. The van der Waals surface area contributed by atoms with Gasteiger partial charge < -0.3 is 0 Å². The van der Waals surface area contributed by atoms with E-state index in [1.54, 1.807) is 22.7 Å². The summed E-state index contributed by atoms with van der Waals surface area (Å²) in [5.41, 5.74) is 11.2. The summed E-state index contributed by atoms with van der Waals surface area (Å²) in [6.07, 6.45) is 11.4. The Morgan fingerprint density at radius 2 is 0.875 bits per heavy atom. The molecule has 0 bridgehead atoms. The molecule has 6 heteroatoms. The fraction of sp³-hybridized carbons (Fsp3) is 0. The van der Waals surface area contributed by atoms with Crippen LogP contribution in [0.3, 0.4) is 0 Å². The van der Waals surface area contributed by atoms with Gasteiger partial charge in [-0.05, 0) is 73.1 Å². The van der Waals surface area contributed by atoms with E-state index in [2.05, 4.69) is 119 Å². The highest BCUT2D eigenvalue weighted by Crippen LogP contribution is 2.46. The Kier molecular flexibility index (Phi) is 7.15. The minimum Gasteiger partial charge on any atom is -0.263 e. The molecule has 0 aliphatic heterocycles. The van der Waals surface area contributed by atoms with Gasteiger partial charge in [-0.15, -0.1) is 22.7 Å². The standard InChI is InChI=1S/C42H26N4S2/c1-2-8-27(9-3-1)33-10-4-5-11-34(33)28-14-15-37-38(22-28)40(30-21-32(26-44-24-30)42-46-17-19-48-42)36-13-7-6-12-35(36)39(37)29-20-31(25-43-23-29)41-45-16-18-47-41/h1-26H. The van der Waals surface area contributed by atoms with E-state index in [1.807, 2.05) is 47.9 Å². The molecule has 5 aromatic carbocycles. The fourth-order valence-corrected chi connectivity index (χ4v) is 7.93. The zero-order valence-corrected chi connectivity index (χ0v) is 27.2. The smallest absolute Gasteiger partial charge is 0.124 e. The summed E-state index contributed by atoms with van der Waals surface area (Å²) in [5.74, 6) is 0. The molecule has 226 valence electrons. The van der Waals surface area contributed by atoms with E-state index in [9.17, 15) is 0 Å². The van der Waals surface area contributed by atoms with Crippen molar-refractivity contribution in [2.75, 3.05) is 0 Å². The van der Waals surface area contributed by atoms with Crippen LogP contribution in [0.1, 0.15) is 0 Å². The van der Waals surface area contributed by atoms with E-state index < -0.39 is 0 Å². The second-order valence-corrected chi connectivity index (χ2v) is 13.4. The molecule has 0 aliphatic rings. The Labute approximate surface area is 285 Å². The van der Waals surface area contributed by atoms with Gasteiger partial charge in [-0.3, -0.25) is 9.97 Å². The zero-order valence-electron chi connectivity index (χ0n) is 25.6. The molecule has 0 fully saturated rings. The maximum atomic E-state index is 4.74. The van der Waals surface area contributed by atoms with Crippen LogP contribution < -0.4 is 0 Å². The van der Waals surface area contributed by atoms with Crippen molar-refractivity contribution < 1.29 is 0 Å². The second-order valence-electron chi connectivity index (χ2n) is 11.6. The maximum absolute atomic E-state index is 4.74. The summed E-state index contributed by atoms with van der Waals surface area (Å²) in [7, 11) is 0. The SMILES string of the molecule is c1ccc(-c2ccccc2-c2ccc3c(-c4cncc(-c5nccs5)c4)c4ccccc4c(-c4cncc(-c5nccs5)c4)c3c2)cc1. The van der Waals surface area contributed by atoms with Crippen LogP contribution in [0.4, 0.5) is 0 Å². The molecule has 4 heterocycles. The Balaban J connectivity index is 1.36. The number of pyridine rings is 2. The largest absolute Gasteiger partial charge is 0.263 e. The third kappa shape index (κ3) is 4.99. The Bertz CT molecular complexity index is 2560. The van der Waals surface area contributed by atoms with Crippen molar-refractivity contribution >= 4 is 44.2 Å². The molecular formula is C42H26N4S2. The Morgan fingerprint density at radius 3 is 1.46 bits per heavy atom. The lowest BCUT2D eigenvalue weighted by Crippen LogP contribution is -1.94. The van der Waals surface area contributed by atoms with Crippen molar-refractivity contribution in [3.8, 4) is 65.6 Å². The van der Waals surface area contributed by atoms with E-state index in [0.29, 0.717) is 0 Å². The lowest BCUT2D eigenvalue weighted by Gasteiger charge is -2.19. The van der Waals surface area contributed by atoms with E-state index >= 15 is 0 Å². The predicted molar refractivity (Wildman–Crippen MR) is 201 cm³/mol.